The first-order valence-corrected chi connectivity index (χ1v) is 8.54. The van der Waals surface area contributed by atoms with E-state index >= 15 is 0 Å². The fraction of sp³-hybridized carbons (Fsp3) is 0.455. The molecule has 1 aromatic rings. The Morgan fingerprint density at radius 2 is 2.28 bits per heavy atom. The highest BCUT2D eigenvalue weighted by molar-refractivity contribution is 7.99. The number of aliphatic hydroxyl groups is 1. The van der Waals surface area contributed by atoms with Gasteiger partial charge >= 0.3 is 0 Å². The molecule has 0 amide bonds. The number of thioether (sulfide) groups is 1. The maximum Gasteiger partial charge on any atom is 0.242 e. The maximum absolute atomic E-state index is 12.2. The van der Waals surface area contributed by atoms with E-state index in [0.29, 0.717) is 5.56 Å². The molecule has 0 aromatic heterocycles. The second kappa shape index (κ2) is 5.79. The van der Waals surface area contributed by atoms with Crippen LogP contribution in [0.5, 0.6) is 0 Å². The molecule has 0 radical (unpaired) electrons. The molecule has 1 aliphatic heterocycles. The summed E-state index contributed by atoms with van der Waals surface area (Å²) in [5.41, 5.74) is 0.528. The summed E-state index contributed by atoms with van der Waals surface area (Å²) in [5.74, 6) is 1.76. The minimum atomic E-state index is -3.61. The number of sulfonamides is 1. The van der Waals surface area contributed by atoms with E-state index in [2.05, 4.69) is 4.72 Å². The Balaban J connectivity index is 2.27. The second-order valence-corrected chi connectivity index (χ2v) is 7.34. The molecular weight excluding hydrogens is 294 g/mol. The van der Waals surface area contributed by atoms with Crippen LogP contribution in [-0.4, -0.2) is 31.1 Å². The van der Waals surface area contributed by atoms with Crippen LogP contribution in [0.4, 0.5) is 0 Å². The molecule has 18 heavy (non-hydrogen) atoms. The fourth-order valence-electron chi connectivity index (χ4n) is 1.76. The van der Waals surface area contributed by atoms with Gasteiger partial charge in [-0.05, 0) is 29.9 Å². The van der Waals surface area contributed by atoms with E-state index in [1.807, 2.05) is 0 Å². The lowest BCUT2D eigenvalue weighted by atomic mass is 10.2. The average molecular weight is 308 g/mol. The molecule has 0 spiro atoms. The van der Waals surface area contributed by atoms with Crippen molar-refractivity contribution in [3.8, 4) is 0 Å². The van der Waals surface area contributed by atoms with Crippen LogP contribution in [0.1, 0.15) is 12.0 Å². The van der Waals surface area contributed by atoms with Crippen LogP contribution in [0.3, 0.4) is 0 Å². The van der Waals surface area contributed by atoms with Crippen molar-refractivity contribution >= 4 is 33.4 Å². The Bertz CT molecular complexity index is 527. The van der Waals surface area contributed by atoms with Gasteiger partial charge in [0.05, 0.1) is 11.6 Å². The van der Waals surface area contributed by atoms with E-state index in [1.165, 1.54) is 12.1 Å². The number of hydrogen-bond acceptors (Lipinski definition) is 4. The van der Waals surface area contributed by atoms with Crippen LogP contribution in [0.15, 0.2) is 23.1 Å². The first-order valence-electron chi connectivity index (χ1n) is 5.52. The SMILES string of the molecule is O=S(=O)(NC1CCSC1)c1cc(CO)ccc1Cl. The molecular formula is C11H14ClNO3S2. The van der Waals surface area contributed by atoms with Crippen molar-refractivity contribution in [3.05, 3.63) is 28.8 Å². The standard InChI is InChI=1S/C11H14ClNO3S2/c12-10-2-1-8(6-14)5-11(10)18(15,16)13-9-3-4-17-7-9/h1-2,5,9,13-14H,3-4,6-7H2. The summed E-state index contributed by atoms with van der Waals surface area (Å²) in [4.78, 5) is 0.0348. The molecule has 1 saturated heterocycles. The van der Waals surface area contributed by atoms with E-state index in [-0.39, 0.29) is 22.6 Å². The summed E-state index contributed by atoms with van der Waals surface area (Å²) in [6.07, 6.45) is 0.835. The Morgan fingerprint density at radius 3 is 2.89 bits per heavy atom. The molecule has 1 aromatic carbocycles. The highest BCUT2D eigenvalue weighted by Crippen LogP contribution is 2.25. The molecule has 4 nitrogen and oxygen atoms in total. The molecule has 0 bridgehead atoms. The zero-order valence-electron chi connectivity index (χ0n) is 9.60. The summed E-state index contributed by atoms with van der Waals surface area (Å²) >= 11 is 7.65. The molecule has 1 fully saturated rings. The van der Waals surface area contributed by atoms with Gasteiger partial charge in [0, 0.05) is 11.8 Å². The van der Waals surface area contributed by atoms with E-state index in [0.717, 1.165) is 17.9 Å². The van der Waals surface area contributed by atoms with Gasteiger partial charge in [-0.1, -0.05) is 17.7 Å². The van der Waals surface area contributed by atoms with Crippen molar-refractivity contribution < 1.29 is 13.5 Å². The molecule has 100 valence electrons. The van der Waals surface area contributed by atoms with Gasteiger partial charge in [0.15, 0.2) is 0 Å². The highest BCUT2D eigenvalue weighted by atomic mass is 35.5. The lowest BCUT2D eigenvalue weighted by Crippen LogP contribution is -2.34. The lowest BCUT2D eigenvalue weighted by Gasteiger charge is -2.13. The van der Waals surface area contributed by atoms with Crippen LogP contribution in [0.2, 0.25) is 5.02 Å². The van der Waals surface area contributed by atoms with Gasteiger partial charge in [0.1, 0.15) is 4.90 Å². The minimum Gasteiger partial charge on any atom is -0.392 e. The molecule has 1 heterocycles. The van der Waals surface area contributed by atoms with Crippen molar-refractivity contribution in [1.29, 1.82) is 0 Å². The minimum absolute atomic E-state index is 0.0335. The summed E-state index contributed by atoms with van der Waals surface area (Å²) in [6.45, 7) is -0.209. The smallest absolute Gasteiger partial charge is 0.242 e. The number of aliphatic hydroxyl groups excluding tert-OH is 1. The van der Waals surface area contributed by atoms with Crippen LogP contribution in [0.25, 0.3) is 0 Å². The lowest BCUT2D eigenvalue weighted by molar-refractivity contribution is 0.281. The molecule has 0 aliphatic carbocycles. The number of benzene rings is 1. The average Bonchev–Trinajstić information content (AvgIpc) is 2.81. The van der Waals surface area contributed by atoms with Gasteiger partial charge in [-0.25, -0.2) is 13.1 Å². The highest BCUT2D eigenvalue weighted by Gasteiger charge is 2.25. The molecule has 2 N–H and O–H groups in total. The van der Waals surface area contributed by atoms with Crippen LogP contribution >= 0.6 is 23.4 Å². The Hall–Kier alpha value is -0.270. The monoisotopic (exact) mass is 307 g/mol. The molecule has 1 unspecified atom stereocenters. The van der Waals surface area contributed by atoms with Crippen molar-refractivity contribution in [2.24, 2.45) is 0 Å². The van der Waals surface area contributed by atoms with E-state index in [4.69, 9.17) is 16.7 Å². The molecule has 0 saturated carbocycles. The molecule has 2 rings (SSSR count). The number of hydrogen-bond donors (Lipinski definition) is 2. The third-order valence-corrected chi connectivity index (χ3v) is 5.88. The van der Waals surface area contributed by atoms with Crippen molar-refractivity contribution in [1.82, 2.24) is 4.72 Å². The van der Waals surface area contributed by atoms with Crippen LogP contribution in [0, 0.1) is 0 Å². The zero-order chi connectivity index (χ0) is 13.2. The Labute approximate surface area is 116 Å². The topological polar surface area (TPSA) is 66.4 Å². The predicted molar refractivity (Wildman–Crippen MR) is 73.4 cm³/mol. The molecule has 1 aliphatic rings. The van der Waals surface area contributed by atoms with Gasteiger partial charge in [-0.3, -0.25) is 0 Å². The van der Waals surface area contributed by atoms with Gasteiger partial charge in [0.25, 0.3) is 0 Å². The maximum atomic E-state index is 12.2. The predicted octanol–water partition coefficient (Wildman–Crippen LogP) is 1.62. The third-order valence-electron chi connectivity index (χ3n) is 2.72. The quantitative estimate of drug-likeness (QED) is 0.887. The zero-order valence-corrected chi connectivity index (χ0v) is 12.0. The normalized spacial score (nSPS) is 20.2. The fourth-order valence-corrected chi connectivity index (χ4v) is 4.84. The van der Waals surface area contributed by atoms with Gasteiger partial charge in [-0.15, -0.1) is 0 Å². The Morgan fingerprint density at radius 1 is 1.50 bits per heavy atom. The van der Waals surface area contributed by atoms with Crippen molar-refractivity contribution in [3.63, 3.8) is 0 Å². The molecule has 7 heteroatoms. The number of nitrogens with one attached hydrogen (secondary N) is 1. The summed E-state index contributed by atoms with van der Waals surface area (Å²) < 4.78 is 27.0. The largest absolute Gasteiger partial charge is 0.392 e. The second-order valence-electron chi connectivity index (χ2n) is 4.10. The molecule has 1 atom stereocenters. The number of rotatable bonds is 4. The summed E-state index contributed by atoms with van der Waals surface area (Å²) in [5, 5.41) is 9.21. The summed E-state index contributed by atoms with van der Waals surface area (Å²) in [7, 11) is -3.61. The first-order chi connectivity index (χ1) is 8.53. The Kier molecular flexibility index (Phi) is 4.55. The van der Waals surface area contributed by atoms with Gasteiger partial charge < -0.3 is 5.11 Å². The summed E-state index contributed by atoms with van der Waals surface area (Å²) in [6, 6.07) is 4.47. The van der Waals surface area contributed by atoms with E-state index in [1.54, 1.807) is 17.8 Å². The third kappa shape index (κ3) is 3.19. The van der Waals surface area contributed by atoms with E-state index < -0.39 is 10.0 Å². The van der Waals surface area contributed by atoms with Crippen LogP contribution < -0.4 is 4.72 Å². The number of halogens is 1. The van der Waals surface area contributed by atoms with Crippen LogP contribution in [-0.2, 0) is 16.6 Å². The van der Waals surface area contributed by atoms with Gasteiger partial charge in [0.2, 0.25) is 10.0 Å². The van der Waals surface area contributed by atoms with Crippen molar-refractivity contribution in [2.45, 2.75) is 24.0 Å². The van der Waals surface area contributed by atoms with Crippen molar-refractivity contribution in [2.75, 3.05) is 11.5 Å². The first kappa shape index (κ1) is 14.1. The van der Waals surface area contributed by atoms with E-state index in [9.17, 15) is 8.42 Å². The van der Waals surface area contributed by atoms with Gasteiger partial charge in [-0.2, -0.15) is 11.8 Å².